The molecule has 0 spiro atoms. The minimum Gasteiger partial charge on any atom is -0.314 e. The molecule has 0 aromatic carbocycles. The number of nitrogens with zero attached hydrogens (tertiary/aromatic N) is 3. The van der Waals surface area contributed by atoms with Gasteiger partial charge >= 0.3 is 0 Å². The van der Waals surface area contributed by atoms with Crippen LogP contribution < -0.4 is 21.4 Å². The van der Waals surface area contributed by atoms with Crippen molar-refractivity contribution >= 4 is 0 Å². The zero-order valence-corrected chi connectivity index (χ0v) is 26.4. The summed E-state index contributed by atoms with van der Waals surface area (Å²) in [6, 6.07) is 0.326. The molecule has 0 aromatic heterocycles. The Balaban J connectivity index is 3.04. The van der Waals surface area contributed by atoms with Crippen LogP contribution in [0.2, 0.25) is 0 Å². The fourth-order valence-corrected chi connectivity index (χ4v) is 6.61. The second kappa shape index (κ2) is 19.7. The van der Waals surface area contributed by atoms with E-state index in [2.05, 4.69) is 92.2 Å². The zero-order chi connectivity index (χ0) is 27.6. The summed E-state index contributed by atoms with van der Waals surface area (Å²) in [5.41, 5.74) is 3.44. The third kappa shape index (κ3) is 9.40. The Hall–Kier alpha value is -0.280. The molecule has 7 nitrogen and oxygen atoms in total. The van der Waals surface area contributed by atoms with E-state index in [0.717, 1.165) is 45.6 Å². The van der Waals surface area contributed by atoms with Crippen LogP contribution in [0.3, 0.4) is 0 Å². The third-order valence-electron chi connectivity index (χ3n) is 8.53. The maximum atomic E-state index is 4.06. The van der Waals surface area contributed by atoms with E-state index in [1.807, 2.05) is 0 Å². The van der Waals surface area contributed by atoms with Gasteiger partial charge in [-0.25, -0.2) is 10.4 Å². The summed E-state index contributed by atoms with van der Waals surface area (Å²) in [5, 5.41) is 16.8. The van der Waals surface area contributed by atoms with E-state index in [-0.39, 0.29) is 11.3 Å². The van der Waals surface area contributed by atoms with Gasteiger partial charge in [0.1, 0.15) is 11.3 Å². The average Bonchev–Trinajstić information content (AvgIpc) is 2.90. The van der Waals surface area contributed by atoms with Gasteiger partial charge in [0.15, 0.2) is 0 Å². The summed E-state index contributed by atoms with van der Waals surface area (Å²) in [6.07, 6.45) is 18.3. The highest BCUT2D eigenvalue weighted by atomic mass is 15.9. The number of nitrogens with one attached hydrogen (secondary N) is 4. The van der Waals surface area contributed by atoms with Crippen molar-refractivity contribution in [2.45, 2.75) is 142 Å². The van der Waals surface area contributed by atoms with Crippen molar-refractivity contribution in [3.8, 4) is 0 Å². The van der Waals surface area contributed by atoms with Gasteiger partial charge in [0.05, 0.1) is 0 Å². The van der Waals surface area contributed by atoms with Gasteiger partial charge in [-0.1, -0.05) is 92.4 Å². The van der Waals surface area contributed by atoms with Crippen LogP contribution in [-0.2, 0) is 0 Å². The van der Waals surface area contributed by atoms with Crippen LogP contribution in [0.5, 0.6) is 0 Å². The first-order chi connectivity index (χ1) is 17.9. The van der Waals surface area contributed by atoms with Gasteiger partial charge in [0.2, 0.25) is 0 Å². The van der Waals surface area contributed by atoms with Crippen molar-refractivity contribution < 1.29 is 0 Å². The van der Waals surface area contributed by atoms with E-state index < -0.39 is 0 Å². The smallest absolute Gasteiger partial charge is 0.135 e. The minimum absolute atomic E-state index is 0.255. The minimum atomic E-state index is -0.290. The Kier molecular flexibility index (Phi) is 18.5. The lowest BCUT2D eigenvalue weighted by Gasteiger charge is -2.65. The maximum Gasteiger partial charge on any atom is 0.135 e. The summed E-state index contributed by atoms with van der Waals surface area (Å²) in [5.74, 6) is 0. The van der Waals surface area contributed by atoms with Crippen LogP contribution in [0.15, 0.2) is 0 Å². The van der Waals surface area contributed by atoms with Crippen molar-refractivity contribution in [3.05, 3.63) is 0 Å². The molecule has 37 heavy (non-hydrogen) atoms. The van der Waals surface area contributed by atoms with Crippen LogP contribution in [0.25, 0.3) is 0 Å². The molecule has 0 heterocycles. The highest BCUT2D eigenvalue weighted by Crippen LogP contribution is 2.42. The highest BCUT2D eigenvalue weighted by Gasteiger charge is 2.62. The lowest BCUT2D eigenvalue weighted by Crippen LogP contribution is -2.89. The molecule has 0 aromatic rings. The number of hydrogen-bond donors (Lipinski definition) is 4. The molecule has 222 valence electrons. The molecule has 3 atom stereocenters. The molecular formula is C30H67N7. The summed E-state index contributed by atoms with van der Waals surface area (Å²) >= 11 is 0. The molecule has 0 aliphatic heterocycles. The number of rotatable bonds is 23. The molecule has 3 unspecified atom stereocenters. The van der Waals surface area contributed by atoms with Crippen molar-refractivity contribution in [3.63, 3.8) is 0 Å². The van der Waals surface area contributed by atoms with Crippen molar-refractivity contribution in [2.24, 2.45) is 0 Å². The molecule has 7 heteroatoms. The third-order valence-corrected chi connectivity index (χ3v) is 8.53. The summed E-state index contributed by atoms with van der Waals surface area (Å²) < 4.78 is 0. The standard InChI is InChI=1S/C30H67N7/c1-9-14-15-16-17-18-19-20-21-22-27-34-37(36(12-4)13-5)29(35(7)8)25-23-24-28(31-6)30(29,32-11-3)33-26-10-2/h28,31-34H,9-27H2,1-8H3. The van der Waals surface area contributed by atoms with E-state index >= 15 is 0 Å². The Morgan fingerprint density at radius 1 is 0.730 bits per heavy atom. The molecule has 4 N–H and O–H groups in total. The molecule has 0 radical (unpaired) electrons. The molecule has 0 bridgehead atoms. The Morgan fingerprint density at radius 3 is 1.81 bits per heavy atom. The predicted molar refractivity (Wildman–Crippen MR) is 162 cm³/mol. The van der Waals surface area contributed by atoms with Gasteiger partial charge in [0.25, 0.3) is 0 Å². The van der Waals surface area contributed by atoms with Crippen LogP contribution in [0.4, 0.5) is 0 Å². The summed E-state index contributed by atoms with van der Waals surface area (Å²) in [6.45, 7) is 16.3. The number of likely N-dealkylation sites (N-methyl/N-ethyl adjacent to an activating group) is 3. The number of unbranched alkanes of at least 4 members (excludes halogenated alkanes) is 9. The lowest BCUT2D eigenvalue weighted by molar-refractivity contribution is -0.255. The molecule has 1 aliphatic rings. The van der Waals surface area contributed by atoms with Crippen molar-refractivity contribution in [1.82, 2.24) is 36.4 Å². The topological polar surface area (TPSA) is 57.8 Å². The normalized spacial score (nSPS) is 24.6. The monoisotopic (exact) mass is 526 g/mol. The van der Waals surface area contributed by atoms with Gasteiger partial charge in [-0.2, -0.15) is 5.12 Å². The zero-order valence-electron chi connectivity index (χ0n) is 26.4. The second-order valence-corrected chi connectivity index (χ2v) is 11.3. The summed E-state index contributed by atoms with van der Waals surface area (Å²) in [7, 11) is 6.68. The van der Waals surface area contributed by atoms with E-state index in [1.165, 1.54) is 77.0 Å². The number of hydrogen-bond acceptors (Lipinski definition) is 7. The molecule has 1 rings (SSSR count). The first kappa shape index (κ1) is 34.7. The first-order valence-electron chi connectivity index (χ1n) is 16.1. The second-order valence-electron chi connectivity index (χ2n) is 11.3. The quantitative estimate of drug-likeness (QED) is 0.0820. The Morgan fingerprint density at radius 2 is 1.32 bits per heavy atom. The van der Waals surface area contributed by atoms with Crippen LogP contribution in [0, 0.1) is 0 Å². The largest absolute Gasteiger partial charge is 0.314 e. The van der Waals surface area contributed by atoms with Crippen LogP contribution >= 0.6 is 0 Å². The molecular weight excluding hydrogens is 458 g/mol. The van der Waals surface area contributed by atoms with E-state index in [1.54, 1.807) is 0 Å². The predicted octanol–water partition coefficient (Wildman–Crippen LogP) is 5.31. The van der Waals surface area contributed by atoms with Gasteiger partial charge in [-0.3, -0.25) is 15.5 Å². The SMILES string of the molecule is CCCCCCCCCCCCNN(N(CC)CC)C1(N(C)C)CCCC(NC)C1(NCC)NCCC. The van der Waals surface area contributed by atoms with Crippen molar-refractivity contribution in [2.75, 3.05) is 53.9 Å². The average molecular weight is 526 g/mol. The van der Waals surface area contributed by atoms with Crippen molar-refractivity contribution in [1.29, 1.82) is 0 Å². The van der Waals surface area contributed by atoms with Crippen LogP contribution in [-0.4, -0.2) is 86.3 Å². The van der Waals surface area contributed by atoms with Gasteiger partial charge in [-0.15, -0.1) is 0 Å². The van der Waals surface area contributed by atoms with E-state index in [9.17, 15) is 0 Å². The first-order valence-corrected chi connectivity index (χ1v) is 16.1. The van der Waals surface area contributed by atoms with E-state index in [4.69, 9.17) is 0 Å². The summed E-state index contributed by atoms with van der Waals surface area (Å²) in [4.78, 5) is 2.48. The molecule has 1 saturated carbocycles. The number of hydrazine groups is 2. The van der Waals surface area contributed by atoms with Gasteiger partial charge in [-0.05, 0) is 66.3 Å². The molecule has 0 saturated heterocycles. The molecule has 1 fully saturated rings. The maximum absolute atomic E-state index is 4.06. The Labute approximate surface area is 232 Å². The Bertz CT molecular complexity index is 542. The van der Waals surface area contributed by atoms with Crippen LogP contribution in [0.1, 0.15) is 125 Å². The fourth-order valence-electron chi connectivity index (χ4n) is 6.61. The highest BCUT2D eigenvalue weighted by molar-refractivity contribution is 5.15. The molecule has 0 amide bonds. The lowest BCUT2D eigenvalue weighted by atomic mass is 9.73. The molecule has 1 aliphatic carbocycles. The van der Waals surface area contributed by atoms with Gasteiger partial charge in [0, 0.05) is 25.7 Å². The fraction of sp³-hybridized carbons (Fsp3) is 1.00. The van der Waals surface area contributed by atoms with E-state index in [0.29, 0.717) is 6.04 Å². The van der Waals surface area contributed by atoms with Gasteiger partial charge < -0.3 is 5.32 Å².